The minimum Gasteiger partial charge on any atom is -0.298 e. The van der Waals surface area contributed by atoms with Crippen molar-refractivity contribution in [1.29, 1.82) is 0 Å². The van der Waals surface area contributed by atoms with Gasteiger partial charge in [0.25, 0.3) is 0 Å². The predicted molar refractivity (Wildman–Crippen MR) is 44.3 cm³/mol. The summed E-state index contributed by atoms with van der Waals surface area (Å²) in [6, 6.07) is 0. The van der Waals surface area contributed by atoms with Crippen molar-refractivity contribution in [3.05, 3.63) is 11.6 Å². The Morgan fingerprint density at radius 2 is 2.20 bits per heavy atom. The predicted octanol–water partition coefficient (Wildman–Crippen LogP) is 2.40. The van der Waals surface area contributed by atoms with E-state index >= 15 is 0 Å². The number of hydrogen-bond acceptors (Lipinski definition) is 1. The summed E-state index contributed by atoms with van der Waals surface area (Å²) in [6.07, 6.45) is 1.94. The van der Waals surface area contributed by atoms with E-state index < -0.39 is 0 Å². The van der Waals surface area contributed by atoms with E-state index in [1.54, 1.807) is 0 Å². The molecule has 0 aliphatic rings. The first-order valence-electron chi connectivity index (χ1n) is 3.35. The zero-order valence-corrected chi connectivity index (χ0v) is 7.40. The molecule has 58 valence electrons. The quantitative estimate of drug-likeness (QED) is 0.458. The molecule has 0 N–H and O–H groups in total. The Morgan fingerprint density at radius 3 is 2.50 bits per heavy atom. The number of carbonyl (C=O) groups is 1. The minimum atomic E-state index is -0.0116. The van der Waals surface area contributed by atoms with Crippen molar-refractivity contribution < 1.29 is 4.79 Å². The second kappa shape index (κ2) is 4.51. The lowest BCUT2D eigenvalue weighted by Gasteiger charge is -2.07. The van der Waals surface area contributed by atoms with Crippen molar-refractivity contribution in [2.24, 2.45) is 5.92 Å². The number of halogens is 1. The zero-order valence-electron chi connectivity index (χ0n) is 6.65. The summed E-state index contributed by atoms with van der Waals surface area (Å²) < 4.78 is 0. The Labute approximate surface area is 67.1 Å². The number of ketones is 1. The molecule has 1 atom stereocenters. The SMILES string of the molecule is C/C=C(\C)C(C)C(=O)CCl. The molecule has 0 aliphatic heterocycles. The molecular weight excluding hydrogens is 148 g/mol. The topological polar surface area (TPSA) is 17.1 Å². The number of alkyl halides is 1. The van der Waals surface area contributed by atoms with Gasteiger partial charge in [-0.15, -0.1) is 11.6 Å². The van der Waals surface area contributed by atoms with Gasteiger partial charge in [-0.1, -0.05) is 18.6 Å². The van der Waals surface area contributed by atoms with E-state index in [0.717, 1.165) is 5.57 Å². The average Bonchev–Trinajstić information content (AvgIpc) is 2.00. The van der Waals surface area contributed by atoms with Gasteiger partial charge in [0.2, 0.25) is 0 Å². The lowest BCUT2D eigenvalue weighted by molar-refractivity contribution is -0.118. The van der Waals surface area contributed by atoms with E-state index in [1.807, 2.05) is 26.8 Å². The lowest BCUT2D eigenvalue weighted by Crippen LogP contribution is -2.12. The van der Waals surface area contributed by atoms with Crippen LogP contribution in [0.3, 0.4) is 0 Å². The molecule has 0 aromatic heterocycles. The molecule has 0 bridgehead atoms. The molecule has 0 heterocycles. The summed E-state index contributed by atoms with van der Waals surface area (Å²) in [4.78, 5) is 10.9. The molecule has 0 aliphatic carbocycles. The van der Waals surface area contributed by atoms with Crippen LogP contribution in [0.2, 0.25) is 0 Å². The normalized spacial score (nSPS) is 15.0. The van der Waals surface area contributed by atoms with Crippen LogP contribution in [-0.4, -0.2) is 11.7 Å². The van der Waals surface area contributed by atoms with Crippen molar-refractivity contribution in [3.63, 3.8) is 0 Å². The van der Waals surface area contributed by atoms with E-state index in [4.69, 9.17) is 11.6 Å². The average molecular weight is 161 g/mol. The Kier molecular flexibility index (Phi) is 4.37. The van der Waals surface area contributed by atoms with Crippen LogP contribution in [0.1, 0.15) is 20.8 Å². The maximum absolute atomic E-state index is 10.9. The fourth-order valence-electron chi connectivity index (χ4n) is 0.620. The standard InChI is InChI=1S/C8H13ClO/c1-4-6(2)7(3)8(10)5-9/h4,7H,5H2,1-3H3/b6-4+. The molecule has 1 nitrogen and oxygen atoms in total. The molecule has 0 aromatic rings. The van der Waals surface area contributed by atoms with E-state index in [9.17, 15) is 4.79 Å². The third-order valence-corrected chi connectivity index (χ3v) is 2.02. The largest absolute Gasteiger partial charge is 0.298 e. The van der Waals surface area contributed by atoms with E-state index in [0.29, 0.717) is 0 Å². The molecule has 0 spiro atoms. The zero-order chi connectivity index (χ0) is 8.15. The second-order valence-corrected chi connectivity index (χ2v) is 2.62. The van der Waals surface area contributed by atoms with Crippen LogP contribution in [0, 0.1) is 5.92 Å². The summed E-state index contributed by atoms with van der Waals surface area (Å²) in [5.41, 5.74) is 1.09. The van der Waals surface area contributed by atoms with Crippen LogP contribution in [0.15, 0.2) is 11.6 Å². The number of carbonyl (C=O) groups excluding carboxylic acids is 1. The van der Waals surface area contributed by atoms with Gasteiger partial charge in [-0.3, -0.25) is 4.79 Å². The van der Waals surface area contributed by atoms with Gasteiger partial charge in [0.15, 0.2) is 5.78 Å². The molecule has 0 amide bonds. The summed E-state index contributed by atoms with van der Waals surface area (Å²) in [5.74, 6) is 0.201. The fraction of sp³-hybridized carbons (Fsp3) is 0.625. The third-order valence-electron chi connectivity index (χ3n) is 1.75. The number of rotatable bonds is 3. The molecular formula is C8H13ClO. The number of hydrogen-bond donors (Lipinski definition) is 0. The molecule has 0 saturated heterocycles. The van der Waals surface area contributed by atoms with Gasteiger partial charge in [0, 0.05) is 5.92 Å². The van der Waals surface area contributed by atoms with Crippen LogP contribution in [-0.2, 0) is 4.79 Å². The van der Waals surface area contributed by atoms with Crippen LogP contribution in [0.4, 0.5) is 0 Å². The lowest BCUT2D eigenvalue weighted by atomic mass is 9.99. The van der Waals surface area contributed by atoms with Gasteiger partial charge >= 0.3 is 0 Å². The first-order chi connectivity index (χ1) is 4.63. The van der Waals surface area contributed by atoms with E-state index in [2.05, 4.69) is 0 Å². The highest BCUT2D eigenvalue weighted by Crippen LogP contribution is 2.10. The Morgan fingerprint density at radius 1 is 1.70 bits per heavy atom. The number of allylic oxidation sites excluding steroid dienone is 2. The molecule has 0 fully saturated rings. The molecule has 2 heteroatoms. The first kappa shape index (κ1) is 9.70. The Balaban J connectivity index is 4.08. The highest BCUT2D eigenvalue weighted by Gasteiger charge is 2.11. The van der Waals surface area contributed by atoms with Crippen molar-refractivity contribution in [2.75, 3.05) is 5.88 Å². The minimum absolute atomic E-state index is 0.0116. The highest BCUT2D eigenvalue weighted by atomic mass is 35.5. The van der Waals surface area contributed by atoms with Gasteiger partial charge in [-0.25, -0.2) is 0 Å². The van der Waals surface area contributed by atoms with Crippen LogP contribution < -0.4 is 0 Å². The Bertz CT molecular complexity index is 149. The van der Waals surface area contributed by atoms with Crippen molar-refractivity contribution in [1.82, 2.24) is 0 Å². The van der Waals surface area contributed by atoms with E-state index in [-0.39, 0.29) is 17.6 Å². The molecule has 0 rings (SSSR count). The second-order valence-electron chi connectivity index (χ2n) is 2.35. The summed E-state index contributed by atoms with van der Waals surface area (Å²) in [6.45, 7) is 5.74. The van der Waals surface area contributed by atoms with Gasteiger partial charge in [-0.2, -0.15) is 0 Å². The van der Waals surface area contributed by atoms with Gasteiger partial charge < -0.3 is 0 Å². The smallest absolute Gasteiger partial charge is 0.154 e. The van der Waals surface area contributed by atoms with Crippen LogP contribution >= 0.6 is 11.6 Å². The maximum atomic E-state index is 10.9. The van der Waals surface area contributed by atoms with Crippen molar-refractivity contribution in [2.45, 2.75) is 20.8 Å². The Hall–Kier alpha value is -0.300. The van der Waals surface area contributed by atoms with Crippen LogP contribution in [0.5, 0.6) is 0 Å². The van der Waals surface area contributed by atoms with Crippen LogP contribution in [0.25, 0.3) is 0 Å². The van der Waals surface area contributed by atoms with Crippen molar-refractivity contribution in [3.8, 4) is 0 Å². The van der Waals surface area contributed by atoms with Gasteiger partial charge in [-0.05, 0) is 13.8 Å². The molecule has 10 heavy (non-hydrogen) atoms. The monoisotopic (exact) mass is 160 g/mol. The molecule has 0 radical (unpaired) electrons. The van der Waals surface area contributed by atoms with Crippen molar-refractivity contribution >= 4 is 17.4 Å². The summed E-state index contributed by atoms with van der Waals surface area (Å²) >= 11 is 5.37. The third kappa shape index (κ3) is 2.53. The van der Waals surface area contributed by atoms with E-state index in [1.165, 1.54) is 0 Å². The number of Topliss-reactive ketones (excluding diaryl/α,β-unsaturated/α-hetero) is 1. The summed E-state index contributed by atoms with van der Waals surface area (Å²) in [5, 5.41) is 0. The van der Waals surface area contributed by atoms with Gasteiger partial charge in [0.05, 0.1) is 5.88 Å². The van der Waals surface area contributed by atoms with Gasteiger partial charge in [0.1, 0.15) is 0 Å². The summed E-state index contributed by atoms with van der Waals surface area (Å²) in [7, 11) is 0. The molecule has 0 aromatic carbocycles. The fourth-order valence-corrected chi connectivity index (χ4v) is 0.851. The molecule has 0 saturated carbocycles. The maximum Gasteiger partial charge on any atom is 0.154 e. The first-order valence-corrected chi connectivity index (χ1v) is 3.88. The highest BCUT2D eigenvalue weighted by molar-refractivity contribution is 6.28. The molecule has 1 unspecified atom stereocenters.